The van der Waals surface area contributed by atoms with E-state index in [0.29, 0.717) is 5.75 Å². The molecule has 0 aliphatic carbocycles. The lowest BCUT2D eigenvalue weighted by Crippen LogP contribution is -2.45. The Kier molecular flexibility index (Phi) is 6.97. The van der Waals surface area contributed by atoms with Crippen LogP contribution in [-0.4, -0.2) is 31.5 Å². The molecule has 0 bridgehead atoms. The molecule has 0 saturated carbocycles. The summed E-state index contributed by atoms with van der Waals surface area (Å²) in [6.07, 6.45) is -1.05. The summed E-state index contributed by atoms with van der Waals surface area (Å²) >= 11 is -1.83. The van der Waals surface area contributed by atoms with Gasteiger partial charge >= 0.3 is 5.97 Å². The topological polar surface area (TPSA) is 94.5 Å². The van der Waals surface area contributed by atoms with Crippen molar-refractivity contribution in [2.75, 3.05) is 0 Å². The van der Waals surface area contributed by atoms with Crippen LogP contribution in [0.25, 0.3) is 0 Å². The van der Waals surface area contributed by atoms with Gasteiger partial charge in [-0.25, -0.2) is 13.6 Å². The molecule has 1 aromatic carbocycles. The van der Waals surface area contributed by atoms with Crippen LogP contribution in [0.1, 0.15) is 38.1 Å². The highest BCUT2D eigenvalue weighted by Gasteiger charge is 2.38. The molecule has 3 atom stereocenters. The first-order valence-corrected chi connectivity index (χ1v) is 9.59. The zero-order chi connectivity index (χ0) is 21.1. The summed E-state index contributed by atoms with van der Waals surface area (Å²) in [5.74, 6) is -2.10. The van der Waals surface area contributed by atoms with Crippen molar-refractivity contribution in [3.8, 4) is 11.5 Å². The van der Waals surface area contributed by atoms with E-state index < -0.39 is 40.1 Å². The third kappa shape index (κ3) is 5.63. The molecule has 28 heavy (non-hydrogen) atoms. The van der Waals surface area contributed by atoms with E-state index in [2.05, 4.69) is 9.71 Å². The maximum absolute atomic E-state index is 14.4. The average Bonchev–Trinajstić information content (AvgIpc) is 2.61. The van der Waals surface area contributed by atoms with Crippen molar-refractivity contribution in [2.45, 2.75) is 44.7 Å². The van der Waals surface area contributed by atoms with Gasteiger partial charge in [0.2, 0.25) is 6.17 Å². The maximum Gasteiger partial charge on any atom is 0.340 e. The molecule has 6 nitrogen and oxygen atoms in total. The summed E-state index contributed by atoms with van der Waals surface area (Å²) in [7, 11) is 0. The average molecular weight is 412 g/mol. The van der Waals surface area contributed by atoms with Crippen LogP contribution in [0.3, 0.4) is 0 Å². The molecule has 3 unspecified atom stereocenters. The van der Waals surface area contributed by atoms with Crippen LogP contribution >= 0.6 is 0 Å². The highest BCUT2D eigenvalue weighted by atomic mass is 32.2. The monoisotopic (exact) mass is 412 g/mol. The Bertz CT molecular complexity index is 828. The van der Waals surface area contributed by atoms with Gasteiger partial charge in [0.05, 0.1) is 6.20 Å². The minimum atomic E-state index is -2.52. The first kappa shape index (κ1) is 22.1. The maximum atomic E-state index is 14.4. The second kappa shape index (κ2) is 8.85. The van der Waals surface area contributed by atoms with Crippen molar-refractivity contribution in [1.29, 1.82) is 0 Å². The molecule has 2 N–H and O–H groups in total. The third-order valence-electron chi connectivity index (χ3n) is 3.74. The van der Waals surface area contributed by atoms with E-state index in [1.807, 2.05) is 0 Å². The van der Waals surface area contributed by atoms with Crippen molar-refractivity contribution < 1.29 is 28.0 Å². The van der Waals surface area contributed by atoms with Crippen LogP contribution in [0.15, 0.2) is 36.5 Å². The first-order chi connectivity index (χ1) is 13.0. The number of carboxylic acids is 1. The van der Waals surface area contributed by atoms with Gasteiger partial charge in [0, 0.05) is 22.6 Å². The van der Waals surface area contributed by atoms with E-state index in [1.165, 1.54) is 18.3 Å². The van der Waals surface area contributed by atoms with Gasteiger partial charge in [-0.3, -0.25) is 4.98 Å². The highest BCUT2D eigenvalue weighted by molar-refractivity contribution is 7.90. The van der Waals surface area contributed by atoms with Crippen LogP contribution in [0.2, 0.25) is 0 Å². The van der Waals surface area contributed by atoms with E-state index >= 15 is 0 Å². The highest BCUT2D eigenvalue weighted by Crippen LogP contribution is 2.31. The Morgan fingerprint density at radius 3 is 2.46 bits per heavy atom. The number of ether oxygens (including phenoxy) is 1. The first-order valence-electron chi connectivity index (χ1n) is 8.44. The van der Waals surface area contributed by atoms with E-state index in [0.717, 1.165) is 11.8 Å². The van der Waals surface area contributed by atoms with Gasteiger partial charge < -0.3 is 14.4 Å². The van der Waals surface area contributed by atoms with Gasteiger partial charge in [0.15, 0.2) is 0 Å². The van der Waals surface area contributed by atoms with Crippen molar-refractivity contribution in [3.63, 3.8) is 0 Å². The van der Waals surface area contributed by atoms with Crippen molar-refractivity contribution >= 4 is 17.3 Å². The number of alkyl halides is 1. The van der Waals surface area contributed by atoms with Gasteiger partial charge in [-0.2, -0.15) is 0 Å². The Morgan fingerprint density at radius 2 is 1.93 bits per heavy atom. The molecule has 152 valence electrons. The third-order valence-corrected chi connectivity index (χ3v) is 5.32. The van der Waals surface area contributed by atoms with E-state index in [9.17, 15) is 18.1 Å². The lowest BCUT2D eigenvalue weighted by molar-refractivity contribution is -0.143. The molecule has 2 rings (SSSR count). The number of benzene rings is 1. The number of nitrogens with zero attached hydrogens (tertiary/aromatic N) is 1. The Labute approximate surface area is 165 Å². The van der Waals surface area contributed by atoms with Gasteiger partial charge in [-0.05, 0) is 58.0 Å². The fourth-order valence-corrected chi connectivity index (χ4v) is 3.02. The number of aliphatic carboxylic acids is 1. The van der Waals surface area contributed by atoms with Gasteiger partial charge in [-0.1, -0.05) is 0 Å². The molecule has 0 amide bonds. The minimum absolute atomic E-state index is 0.160. The molecule has 0 fully saturated rings. The normalized spacial score (nSPS) is 15.0. The molecule has 2 aromatic rings. The SMILES string of the molecule is Cc1ccc(Oc2ccc(F)c(C(N[S+]([O-])C(C)(C)C)C(F)C(=O)O)c2)cn1. The molecule has 9 heteroatoms. The van der Waals surface area contributed by atoms with Gasteiger partial charge in [-0.15, -0.1) is 4.72 Å². The molecule has 1 aromatic heterocycles. The number of halogens is 2. The predicted octanol–water partition coefficient (Wildman–Crippen LogP) is 3.84. The fourth-order valence-electron chi connectivity index (χ4n) is 2.19. The summed E-state index contributed by atoms with van der Waals surface area (Å²) in [6.45, 7) is 6.68. The van der Waals surface area contributed by atoms with E-state index in [4.69, 9.17) is 9.84 Å². The Morgan fingerprint density at radius 1 is 1.29 bits per heavy atom. The zero-order valence-electron chi connectivity index (χ0n) is 15.9. The van der Waals surface area contributed by atoms with Crippen LogP contribution in [-0.2, 0) is 16.2 Å². The van der Waals surface area contributed by atoms with Crippen molar-refractivity contribution in [2.24, 2.45) is 0 Å². The van der Waals surface area contributed by atoms with Gasteiger partial charge in [0.25, 0.3) is 0 Å². The number of carboxylic acid groups (broad SMARTS) is 1. The summed E-state index contributed by atoms with van der Waals surface area (Å²) in [4.78, 5) is 15.3. The van der Waals surface area contributed by atoms with Crippen LogP contribution in [0, 0.1) is 12.7 Å². The Balaban J connectivity index is 2.38. The predicted molar refractivity (Wildman–Crippen MR) is 102 cm³/mol. The van der Waals surface area contributed by atoms with E-state index in [1.54, 1.807) is 39.8 Å². The van der Waals surface area contributed by atoms with Crippen LogP contribution < -0.4 is 9.46 Å². The smallest absolute Gasteiger partial charge is 0.340 e. The molecule has 0 radical (unpaired) electrons. The lowest BCUT2D eigenvalue weighted by Gasteiger charge is -2.29. The molecular weight excluding hydrogens is 390 g/mol. The van der Waals surface area contributed by atoms with Crippen LogP contribution in [0.4, 0.5) is 8.78 Å². The second-order valence-corrected chi connectivity index (χ2v) is 9.14. The number of aryl methyl sites for hydroxylation is 1. The minimum Gasteiger partial charge on any atom is -0.598 e. The number of nitrogens with one attached hydrogen (secondary N) is 1. The number of hydrogen-bond donors (Lipinski definition) is 2. The standard InChI is InChI=1S/C19H22F2N2O4S/c1-11-5-6-13(10-22-11)27-12-7-8-15(20)14(9-12)17(16(21)18(24)25)23-28(26)19(2,3)4/h5-10,16-17,23H,1-4H3,(H,24,25). The molecular formula is C19H22F2N2O4S. The molecule has 0 saturated heterocycles. The largest absolute Gasteiger partial charge is 0.598 e. The number of pyridine rings is 1. The summed E-state index contributed by atoms with van der Waals surface area (Å²) < 4.78 is 48.4. The number of rotatable bonds is 7. The quantitative estimate of drug-likeness (QED) is 0.671. The number of aromatic nitrogens is 1. The second-order valence-electron chi connectivity index (χ2n) is 7.14. The number of hydrogen-bond acceptors (Lipinski definition) is 5. The van der Waals surface area contributed by atoms with E-state index in [-0.39, 0.29) is 11.3 Å². The fraction of sp³-hybridized carbons (Fsp3) is 0.368. The summed E-state index contributed by atoms with van der Waals surface area (Å²) in [5.41, 5.74) is 0.480. The molecule has 0 aliphatic rings. The zero-order valence-corrected chi connectivity index (χ0v) is 16.7. The van der Waals surface area contributed by atoms with Crippen LogP contribution in [0.5, 0.6) is 11.5 Å². The molecule has 0 aliphatic heterocycles. The van der Waals surface area contributed by atoms with Crippen molar-refractivity contribution in [3.05, 3.63) is 53.6 Å². The lowest BCUT2D eigenvalue weighted by atomic mass is 10.0. The number of carbonyl (C=O) groups is 1. The van der Waals surface area contributed by atoms with Crippen molar-refractivity contribution in [1.82, 2.24) is 9.71 Å². The Hall–Kier alpha value is -2.23. The summed E-state index contributed by atoms with van der Waals surface area (Å²) in [6, 6.07) is 5.25. The molecule has 0 spiro atoms. The molecule has 1 heterocycles. The van der Waals surface area contributed by atoms with Gasteiger partial charge in [0.1, 0.15) is 28.1 Å². The summed E-state index contributed by atoms with van der Waals surface area (Å²) in [5, 5.41) is 9.07.